The number of carbonyl (C=O) groups is 5. The molecule has 1 unspecified atom stereocenters. The number of carboxylic acid groups (broad SMARTS) is 1. The molecular formula is C37H49N7O6. The summed E-state index contributed by atoms with van der Waals surface area (Å²) in [6.07, 6.45) is 3.53. The van der Waals surface area contributed by atoms with Crippen molar-refractivity contribution >= 4 is 29.6 Å². The molecule has 4 amide bonds. The predicted octanol–water partition coefficient (Wildman–Crippen LogP) is 1.84. The van der Waals surface area contributed by atoms with Crippen LogP contribution >= 0.6 is 0 Å². The summed E-state index contributed by atoms with van der Waals surface area (Å²) >= 11 is 0. The number of hydrogen-bond acceptors (Lipinski definition) is 8. The third-order valence-corrected chi connectivity index (χ3v) is 7.98. The molecule has 2 aromatic carbocycles. The van der Waals surface area contributed by atoms with Gasteiger partial charge < -0.3 is 37.8 Å². The zero-order chi connectivity index (χ0) is 36.5. The van der Waals surface area contributed by atoms with Crippen LogP contribution in [-0.4, -0.2) is 70.4 Å². The van der Waals surface area contributed by atoms with Gasteiger partial charge in [-0.25, -0.2) is 9.78 Å². The average molecular weight is 688 g/mol. The second kappa shape index (κ2) is 20.4. The Hall–Kier alpha value is -5.14. The molecule has 0 saturated heterocycles. The third-order valence-electron chi connectivity index (χ3n) is 7.98. The largest absolute Gasteiger partial charge is 0.477 e. The molecule has 0 aliphatic carbocycles. The summed E-state index contributed by atoms with van der Waals surface area (Å²) in [7, 11) is 0. The van der Waals surface area contributed by atoms with Crippen LogP contribution in [0.2, 0.25) is 0 Å². The van der Waals surface area contributed by atoms with E-state index < -0.39 is 53.8 Å². The first-order valence-electron chi connectivity index (χ1n) is 16.9. The van der Waals surface area contributed by atoms with Crippen LogP contribution in [0.5, 0.6) is 0 Å². The van der Waals surface area contributed by atoms with E-state index in [-0.39, 0.29) is 37.4 Å². The molecule has 3 aromatic rings. The number of amides is 4. The van der Waals surface area contributed by atoms with Gasteiger partial charge in [0, 0.05) is 19.2 Å². The highest BCUT2D eigenvalue weighted by molar-refractivity contribution is 5.95. The van der Waals surface area contributed by atoms with Crippen LogP contribution in [0, 0.1) is 5.92 Å². The lowest BCUT2D eigenvalue weighted by atomic mass is 9.99. The number of unbranched alkanes of at least 4 members (excludes halogenated alkanes) is 1. The number of carbonyl (C=O) groups excluding carboxylic acids is 4. The molecule has 13 nitrogen and oxygen atoms in total. The third kappa shape index (κ3) is 13.4. The van der Waals surface area contributed by atoms with E-state index >= 15 is 0 Å². The van der Waals surface area contributed by atoms with Gasteiger partial charge >= 0.3 is 5.97 Å². The van der Waals surface area contributed by atoms with Crippen molar-refractivity contribution < 1.29 is 29.1 Å². The minimum absolute atomic E-state index is 0.00727. The molecular weight excluding hydrogens is 638 g/mol. The van der Waals surface area contributed by atoms with Gasteiger partial charge in [0.2, 0.25) is 23.6 Å². The molecule has 4 atom stereocenters. The van der Waals surface area contributed by atoms with Gasteiger partial charge in [-0.15, -0.1) is 0 Å². The maximum absolute atomic E-state index is 13.8. The molecule has 0 saturated carbocycles. The quantitative estimate of drug-likeness (QED) is 0.0861. The van der Waals surface area contributed by atoms with Crippen LogP contribution in [-0.2, 0) is 38.6 Å². The molecule has 3 rings (SSSR count). The Kier molecular flexibility index (Phi) is 16.0. The first-order chi connectivity index (χ1) is 24.0. The molecule has 1 aromatic heterocycles. The van der Waals surface area contributed by atoms with Crippen molar-refractivity contribution in [1.29, 1.82) is 0 Å². The van der Waals surface area contributed by atoms with E-state index in [1.807, 2.05) is 74.5 Å². The van der Waals surface area contributed by atoms with Crippen molar-refractivity contribution in [2.75, 3.05) is 6.54 Å². The van der Waals surface area contributed by atoms with Crippen LogP contribution in [0.3, 0.4) is 0 Å². The van der Waals surface area contributed by atoms with Crippen molar-refractivity contribution in [2.45, 2.75) is 83.1 Å². The second-order valence-electron chi connectivity index (χ2n) is 12.7. The highest BCUT2D eigenvalue weighted by atomic mass is 16.4. The van der Waals surface area contributed by atoms with Gasteiger partial charge in [-0.2, -0.15) is 0 Å². The van der Waals surface area contributed by atoms with Gasteiger partial charge in [0.25, 0.3) is 0 Å². The molecule has 50 heavy (non-hydrogen) atoms. The summed E-state index contributed by atoms with van der Waals surface area (Å²) in [6.45, 7) is 4.24. The van der Waals surface area contributed by atoms with Gasteiger partial charge in [0.05, 0.1) is 6.04 Å². The van der Waals surface area contributed by atoms with Gasteiger partial charge in [-0.3, -0.25) is 19.2 Å². The van der Waals surface area contributed by atoms with Crippen LogP contribution in [0.15, 0.2) is 79.0 Å². The van der Waals surface area contributed by atoms with E-state index in [0.29, 0.717) is 31.4 Å². The van der Waals surface area contributed by atoms with Crippen LogP contribution < -0.4 is 32.7 Å². The van der Waals surface area contributed by atoms with E-state index in [0.717, 1.165) is 11.1 Å². The highest BCUT2D eigenvalue weighted by Gasteiger charge is 2.31. The fourth-order valence-corrected chi connectivity index (χ4v) is 5.32. The number of nitrogens with one attached hydrogen (secondary N) is 4. The Morgan fingerprint density at radius 2 is 1.30 bits per heavy atom. The Morgan fingerprint density at radius 3 is 1.90 bits per heavy atom. The topological polar surface area (TPSA) is 219 Å². The van der Waals surface area contributed by atoms with Gasteiger partial charge in [0.1, 0.15) is 23.8 Å². The van der Waals surface area contributed by atoms with E-state index in [9.17, 15) is 29.1 Å². The fraction of sp³-hybridized carbons (Fsp3) is 0.405. The molecule has 0 spiro atoms. The number of pyridine rings is 1. The lowest BCUT2D eigenvalue weighted by molar-refractivity contribution is -0.134. The summed E-state index contributed by atoms with van der Waals surface area (Å²) in [5.41, 5.74) is 14.0. The monoisotopic (exact) mass is 687 g/mol. The maximum atomic E-state index is 13.8. The molecule has 0 radical (unpaired) electrons. The first-order valence-corrected chi connectivity index (χ1v) is 16.9. The number of aromatic nitrogens is 1. The Labute approximate surface area is 293 Å². The summed E-state index contributed by atoms with van der Waals surface area (Å²) in [5, 5.41) is 20.4. The summed E-state index contributed by atoms with van der Waals surface area (Å²) in [4.78, 5) is 69.2. The van der Waals surface area contributed by atoms with E-state index in [4.69, 9.17) is 11.5 Å². The lowest BCUT2D eigenvalue weighted by Gasteiger charge is -2.27. The average Bonchev–Trinajstić information content (AvgIpc) is 3.10. The number of aromatic carboxylic acids is 1. The standard InChI is InChI=1S/C37H49N7O6/c1-24(2)19-30(35(47)42-29(15-9-10-17-38)34(46)41-23-27-16-18-40-32(22-27)37(49)50)44-36(48)31(21-26-13-7-4-8-14-26)43-33(45)28(39)20-25-11-5-3-6-12-25/h3-8,11-14,16,18,22,24,28-31H,9-10,15,17,19-21,23,38-39H2,1-2H3,(H,41,46)(H,42,47)(H,43,45)(H,44,48)(H,49,50)/t28?,29-,30-,31-/m1/s1. The summed E-state index contributed by atoms with van der Waals surface area (Å²) in [5.74, 6) is -3.29. The molecule has 9 N–H and O–H groups in total. The Bertz CT molecular complexity index is 1550. The molecule has 0 aliphatic heterocycles. The van der Waals surface area contributed by atoms with Crippen LogP contribution in [0.25, 0.3) is 0 Å². The number of hydrogen-bond donors (Lipinski definition) is 7. The molecule has 0 fully saturated rings. The predicted molar refractivity (Wildman–Crippen MR) is 189 cm³/mol. The van der Waals surface area contributed by atoms with Gasteiger partial charge in [-0.05, 0) is 73.4 Å². The molecule has 0 bridgehead atoms. The molecule has 268 valence electrons. The number of nitrogens with zero attached hydrogens (tertiary/aromatic N) is 1. The minimum atomic E-state index is -1.19. The molecule has 13 heteroatoms. The van der Waals surface area contributed by atoms with Gasteiger partial charge in [0.15, 0.2) is 0 Å². The zero-order valence-electron chi connectivity index (χ0n) is 28.6. The number of rotatable bonds is 20. The van der Waals surface area contributed by atoms with Crippen molar-refractivity contribution in [3.05, 3.63) is 101 Å². The zero-order valence-corrected chi connectivity index (χ0v) is 28.6. The minimum Gasteiger partial charge on any atom is -0.477 e. The van der Waals surface area contributed by atoms with Crippen LogP contribution in [0.1, 0.15) is 66.7 Å². The lowest BCUT2D eigenvalue weighted by Crippen LogP contribution is -2.58. The van der Waals surface area contributed by atoms with E-state index in [1.54, 1.807) is 6.07 Å². The Morgan fingerprint density at radius 1 is 0.720 bits per heavy atom. The van der Waals surface area contributed by atoms with E-state index in [2.05, 4.69) is 26.3 Å². The fourth-order valence-electron chi connectivity index (χ4n) is 5.32. The maximum Gasteiger partial charge on any atom is 0.354 e. The molecule has 0 aliphatic rings. The van der Waals surface area contributed by atoms with Crippen molar-refractivity contribution in [2.24, 2.45) is 17.4 Å². The van der Waals surface area contributed by atoms with E-state index in [1.165, 1.54) is 12.3 Å². The number of nitrogens with two attached hydrogens (primary N) is 2. The number of carboxylic acids is 1. The van der Waals surface area contributed by atoms with Gasteiger partial charge in [-0.1, -0.05) is 74.5 Å². The normalized spacial score (nSPS) is 13.4. The SMILES string of the molecule is CC(C)C[C@@H](NC(=O)[C@@H](Cc1ccccc1)NC(=O)C(N)Cc1ccccc1)C(=O)N[C@H](CCCCN)C(=O)NCc1ccnc(C(=O)O)c1. The number of benzene rings is 2. The smallest absolute Gasteiger partial charge is 0.354 e. The Balaban J connectivity index is 1.75. The second-order valence-corrected chi connectivity index (χ2v) is 12.7. The molecule has 1 heterocycles. The van der Waals surface area contributed by atoms with Crippen molar-refractivity contribution in [3.63, 3.8) is 0 Å². The first kappa shape index (κ1) is 39.3. The summed E-state index contributed by atoms with van der Waals surface area (Å²) in [6, 6.07) is 17.6. The van der Waals surface area contributed by atoms with Crippen LogP contribution in [0.4, 0.5) is 0 Å². The highest BCUT2D eigenvalue weighted by Crippen LogP contribution is 2.11. The van der Waals surface area contributed by atoms with Crippen molar-refractivity contribution in [3.8, 4) is 0 Å². The summed E-state index contributed by atoms with van der Waals surface area (Å²) < 4.78 is 0. The van der Waals surface area contributed by atoms with Crippen molar-refractivity contribution in [1.82, 2.24) is 26.3 Å².